The lowest BCUT2D eigenvalue weighted by atomic mass is 9.85. The minimum absolute atomic E-state index is 0.263. The van der Waals surface area contributed by atoms with Gasteiger partial charge < -0.3 is 9.64 Å². The van der Waals surface area contributed by atoms with Crippen LogP contribution in [0.3, 0.4) is 0 Å². The molecular formula is C18H22N2O3. The van der Waals surface area contributed by atoms with Gasteiger partial charge in [0.1, 0.15) is 5.54 Å². The molecule has 3 saturated heterocycles. The summed E-state index contributed by atoms with van der Waals surface area (Å²) in [6, 6.07) is 7.96. The first-order valence-corrected chi connectivity index (χ1v) is 8.28. The van der Waals surface area contributed by atoms with Crippen LogP contribution in [0.5, 0.6) is 0 Å². The Hall–Kier alpha value is -1.88. The molecule has 3 fully saturated rings. The van der Waals surface area contributed by atoms with Gasteiger partial charge in [0.2, 0.25) is 5.91 Å². The third-order valence-corrected chi connectivity index (χ3v) is 5.96. The summed E-state index contributed by atoms with van der Waals surface area (Å²) < 4.78 is 4.76. The fourth-order valence-electron chi connectivity index (χ4n) is 4.98. The predicted octanol–water partition coefficient (Wildman–Crippen LogP) is 1.84. The Balaban J connectivity index is 1.65. The number of carbonyl (C=O) groups excluding carboxylic acids is 2. The van der Waals surface area contributed by atoms with Crippen molar-refractivity contribution < 1.29 is 14.3 Å². The van der Waals surface area contributed by atoms with Crippen LogP contribution in [-0.4, -0.2) is 54.5 Å². The zero-order chi connectivity index (χ0) is 16.2. The van der Waals surface area contributed by atoms with Crippen LogP contribution in [0.1, 0.15) is 41.2 Å². The maximum Gasteiger partial charge on any atom is 0.337 e. The minimum atomic E-state index is -0.311. The lowest BCUT2D eigenvalue weighted by molar-refractivity contribution is -0.135. The third kappa shape index (κ3) is 1.89. The molecule has 5 heteroatoms. The molecule has 0 saturated carbocycles. The Labute approximate surface area is 136 Å². The van der Waals surface area contributed by atoms with E-state index in [4.69, 9.17) is 4.74 Å². The Morgan fingerprint density at radius 2 is 2.04 bits per heavy atom. The van der Waals surface area contributed by atoms with E-state index in [0.29, 0.717) is 17.4 Å². The Morgan fingerprint density at radius 3 is 2.74 bits per heavy atom. The molecule has 0 radical (unpaired) electrons. The van der Waals surface area contributed by atoms with Crippen LogP contribution in [0.25, 0.3) is 0 Å². The fraction of sp³-hybridized carbons (Fsp3) is 0.556. The number of hydrogen-bond donors (Lipinski definition) is 0. The topological polar surface area (TPSA) is 49.9 Å². The summed E-state index contributed by atoms with van der Waals surface area (Å²) in [5.74, 6) is 0.413. The lowest BCUT2D eigenvalue weighted by Gasteiger charge is -2.33. The zero-order valence-corrected chi connectivity index (χ0v) is 13.6. The SMILES string of the molecule is COC(=O)c1ccc([C@@H]2C[C@H]3CN(C)C(=O)[C@]34CCCN24)cc1. The average Bonchev–Trinajstić information content (AvgIpc) is 3.19. The number of nitrogens with zero attached hydrogens (tertiary/aromatic N) is 2. The van der Waals surface area contributed by atoms with Crippen LogP contribution in [0, 0.1) is 5.92 Å². The van der Waals surface area contributed by atoms with E-state index in [1.165, 1.54) is 12.7 Å². The Bertz CT molecular complexity index is 657. The van der Waals surface area contributed by atoms with E-state index in [9.17, 15) is 9.59 Å². The fourth-order valence-corrected chi connectivity index (χ4v) is 4.98. The molecule has 0 unspecified atom stereocenters. The largest absolute Gasteiger partial charge is 0.465 e. The van der Waals surface area contributed by atoms with E-state index in [0.717, 1.165) is 32.4 Å². The lowest BCUT2D eigenvalue weighted by Crippen LogP contribution is -2.49. The van der Waals surface area contributed by atoms with Crippen LogP contribution < -0.4 is 0 Å². The second-order valence-corrected chi connectivity index (χ2v) is 6.97. The number of esters is 1. The normalized spacial score (nSPS) is 33.0. The third-order valence-electron chi connectivity index (χ3n) is 5.96. The Kier molecular flexibility index (Phi) is 3.23. The van der Waals surface area contributed by atoms with Crippen molar-refractivity contribution >= 4 is 11.9 Å². The number of rotatable bonds is 2. The van der Waals surface area contributed by atoms with Crippen molar-refractivity contribution in [3.63, 3.8) is 0 Å². The van der Waals surface area contributed by atoms with Crippen molar-refractivity contribution in [1.29, 1.82) is 0 Å². The molecule has 5 nitrogen and oxygen atoms in total. The van der Waals surface area contributed by atoms with E-state index < -0.39 is 0 Å². The molecule has 23 heavy (non-hydrogen) atoms. The van der Waals surface area contributed by atoms with Gasteiger partial charge in [-0.05, 0) is 43.5 Å². The molecule has 3 aliphatic rings. The highest BCUT2D eigenvalue weighted by Gasteiger charge is 2.64. The van der Waals surface area contributed by atoms with Gasteiger partial charge in [0.15, 0.2) is 0 Å². The molecule has 3 atom stereocenters. The molecule has 122 valence electrons. The first-order chi connectivity index (χ1) is 11.1. The van der Waals surface area contributed by atoms with Gasteiger partial charge in [-0.3, -0.25) is 9.69 Å². The van der Waals surface area contributed by atoms with E-state index in [-0.39, 0.29) is 17.6 Å². The predicted molar refractivity (Wildman–Crippen MR) is 84.9 cm³/mol. The first kappa shape index (κ1) is 14.7. The minimum Gasteiger partial charge on any atom is -0.465 e. The first-order valence-electron chi connectivity index (χ1n) is 8.28. The summed E-state index contributed by atoms with van der Waals surface area (Å²) in [5.41, 5.74) is 1.51. The van der Waals surface area contributed by atoms with Crippen molar-refractivity contribution in [1.82, 2.24) is 9.80 Å². The Morgan fingerprint density at radius 1 is 1.30 bits per heavy atom. The second kappa shape index (κ2) is 5.06. The van der Waals surface area contributed by atoms with Gasteiger partial charge in [0.05, 0.1) is 12.7 Å². The number of carbonyl (C=O) groups is 2. The highest BCUT2D eigenvalue weighted by atomic mass is 16.5. The zero-order valence-electron chi connectivity index (χ0n) is 13.6. The number of likely N-dealkylation sites (tertiary alicyclic amines) is 1. The van der Waals surface area contributed by atoms with E-state index in [1.807, 2.05) is 36.2 Å². The molecule has 0 aromatic heterocycles. The highest BCUT2D eigenvalue weighted by Crippen LogP contribution is 2.55. The van der Waals surface area contributed by atoms with E-state index >= 15 is 0 Å². The molecule has 0 N–H and O–H groups in total. The molecule has 1 aromatic carbocycles. The summed E-state index contributed by atoms with van der Waals surface area (Å²) in [5, 5.41) is 0. The molecule has 1 aromatic rings. The maximum atomic E-state index is 12.8. The number of ether oxygens (including phenoxy) is 1. The van der Waals surface area contributed by atoms with Gasteiger partial charge in [0.25, 0.3) is 0 Å². The van der Waals surface area contributed by atoms with Crippen LogP contribution >= 0.6 is 0 Å². The molecule has 0 aliphatic carbocycles. The van der Waals surface area contributed by atoms with Crippen LogP contribution in [-0.2, 0) is 9.53 Å². The van der Waals surface area contributed by atoms with Crippen molar-refractivity contribution in [2.75, 3.05) is 27.2 Å². The summed E-state index contributed by atoms with van der Waals surface area (Å²) in [6.45, 7) is 1.85. The van der Waals surface area contributed by atoms with Crippen LogP contribution in [0.2, 0.25) is 0 Å². The molecule has 1 spiro atoms. The monoisotopic (exact) mass is 314 g/mol. The molecule has 3 heterocycles. The van der Waals surface area contributed by atoms with Gasteiger partial charge in [-0.2, -0.15) is 0 Å². The average molecular weight is 314 g/mol. The number of hydrogen-bond acceptors (Lipinski definition) is 4. The van der Waals surface area contributed by atoms with E-state index in [2.05, 4.69) is 4.90 Å². The van der Waals surface area contributed by atoms with Gasteiger partial charge in [-0.1, -0.05) is 12.1 Å². The van der Waals surface area contributed by atoms with Crippen LogP contribution in [0.4, 0.5) is 0 Å². The van der Waals surface area contributed by atoms with Crippen molar-refractivity contribution in [3.05, 3.63) is 35.4 Å². The number of methoxy groups -OCH3 is 1. The summed E-state index contributed by atoms with van der Waals surface area (Å²) >= 11 is 0. The van der Waals surface area contributed by atoms with E-state index in [1.54, 1.807) is 0 Å². The van der Waals surface area contributed by atoms with Crippen LogP contribution in [0.15, 0.2) is 24.3 Å². The summed E-state index contributed by atoms with van der Waals surface area (Å²) in [6.07, 6.45) is 3.10. The molecule has 4 rings (SSSR count). The maximum absolute atomic E-state index is 12.8. The van der Waals surface area contributed by atoms with Crippen molar-refractivity contribution in [3.8, 4) is 0 Å². The molecular weight excluding hydrogens is 292 g/mol. The second-order valence-electron chi connectivity index (χ2n) is 6.97. The molecule has 1 amide bonds. The van der Waals surface area contributed by atoms with Crippen molar-refractivity contribution in [2.45, 2.75) is 30.8 Å². The number of likely N-dealkylation sites (N-methyl/N-ethyl adjacent to an activating group) is 1. The van der Waals surface area contributed by atoms with Gasteiger partial charge in [-0.15, -0.1) is 0 Å². The van der Waals surface area contributed by atoms with Gasteiger partial charge in [-0.25, -0.2) is 4.79 Å². The molecule has 3 aliphatic heterocycles. The molecule has 0 bridgehead atoms. The number of benzene rings is 1. The number of amides is 1. The van der Waals surface area contributed by atoms with Gasteiger partial charge >= 0.3 is 5.97 Å². The quantitative estimate of drug-likeness (QED) is 0.782. The standard InChI is InChI=1S/C18H22N2O3/c1-19-11-14-10-15(20-9-3-8-18(14,20)17(19)22)12-4-6-13(7-5-12)16(21)23-2/h4-7,14-15H,3,8-11H2,1-2H3/t14-,15-,18-/m0/s1. The summed E-state index contributed by atoms with van der Waals surface area (Å²) in [7, 11) is 3.32. The smallest absolute Gasteiger partial charge is 0.337 e. The highest BCUT2D eigenvalue weighted by molar-refractivity contribution is 5.90. The van der Waals surface area contributed by atoms with Gasteiger partial charge in [0, 0.05) is 25.6 Å². The van der Waals surface area contributed by atoms with Crippen molar-refractivity contribution in [2.24, 2.45) is 5.92 Å². The summed E-state index contributed by atoms with van der Waals surface area (Å²) in [4.78, 5) is 28.7.